The fraction of sp³-hybridized carbons (Fsp3) is 0.750. The van der Waals surface area contributed by atoms with Crippen molar-refractivity contribution in [2.45, 2.75) is 101 Å². The number of carbonyl (C=O) groups excluding carboxylic acids is 5. The number of esters is 1. The summed E-state index contributed by atoms with van der Waals surface area (Å²) in [6.45, 7) is 1.58. The van der Waals surface area contributed by atoms with Gasteiger partial charge in [-0.3, -0.25) is 19.2 Å². The van der Waals surface area contributed by atoms with E-state index in [1.54, 1.807) is 5.32 Å². The number of carbonyl (C=O) groups is 5. The summed E-state index contributed by atoms with van der Waals surface area (Å²) in [4.78, 5) is 64.4. The molecule has 0 aromatic heterocycles. The van der Waals surface area contributed by atoms with Crippen LogP contribution >= 0.6 is 0 Å². The lowest BCUT2D eigenvalue weighted by molar-refractivity contribution is -0.196. The number of nitrogens with zero attached hydrogens (tertiary/aromatic N) is 1. The van der Waals surface area contributed by atoms with E-state index in [9.17, 15) is 41.5 Å². The molecular formula is C28H36F6N4O6. The Labute approximate surface area is 249 Å². The summed E-state index contributed by atoms with van der Waals surface area (Å²) < 4.78 is 89.1. The summed E-state index contributed by atoms with van der Waals surface area (Å²) in [5.74, 6) is -13.7. The van der Waals surface area contributed by atoms with Gasteiger partial charge in [-0.15, -0.1) is 0 Å². The molecule has 0 aromatic rings. The first kappa shape index (κ1) is 33.6. The number of hydrogen-bond acceptors (Lipinski definition) is 6. The standard InChI is InChI=1S/C28H36F6N4O6/c1-2-44-25(42)19(29)12-16(11-15-8-9-35-22(15)39)36-23(40)21-18-7-6-17(13-27(18,30)31)38(21)24(41)20(10-14-4-3-5-14)37-26(43)28(32,33)34/h12,14-18,20-21H,2-11,13H2,1H3,(H,35,39)(H,36,40)(H,37,43)/b19-12+/t15-,16+,17+,18+,20+,21+/m0/s1. The van der Waals surface area contributed by atoms with Gasteiger partial charge in [0, 0.05) is 24.9 Å². The predicted molar refractivity (Wildman–Crippen MR) is 140 cm³/mol. The topological polar surface area (TPSA) is 134 Å². The molecule has 2 saturated carbocycles. The molecule has 0 aromatic carbocycles. The highest BCUT2D eigenvalue weighted by atomic mass is 19.4. The van der Waals surface area contributed by atoms with E-state index in [2.05, 4.69) is 15.4 Å². The Hall–Kier alpha value is -3.33. The first-order valence-corrected chi connectivity index (χ1v) is 14.8. The number of ether oxygens (including phenoxy) is 1. The van der Waals surface area contributed by atoms with Gasteiger partial charge in [0.05, 0.1) is 18.6 Å². The van der Waals surface area contributed by atoms with Crippen LogP contribution in [0, 0.1) is 17.8 Å². The summed E-state index contributed by atoms with van der Waals surface area (Å²) in [6.07, 6.45) is -3.60. The summed E-state index contributed by atoms with van der Waals surface area (Å²) >= 11 is 0. The Morgan fingerprint density at radius 1 is 1.09 bits per heavy atom. The summed E-state index contributed by atoms with van der Waals surface area (Å²) in [7, 11) is 0. The monoisotopic (exact) mass is 638 g/mol. The van der Waals surface area contributed by atoms with Crippen LogP contribution in [0.15, 0.2) is 11.9 Å². The lowest BCUT2D eigenvalue weighted by Crippen LogP contribution is -2.71. The molecule has 3 heterocycles. The van der Waals surface area contributed by atoms with E-state index in [1.165, 1.54) is 6.92 Å². The highest BCUT2D eigenvalue weighted by molar-refractivity contribution is 5.94. The number of fused-ring (bicyclic) bond motifs is 3. The Morgan fingerprint density at radius 2 is 1.80 bits per heavy atom. The molecule has 6 atom stereocenters. The zero-order valence-corrected chi connectivity index (χ0v) is 24.1. The largest absolute Gasteiger partial charge is 0.471 e. The molecular weight excluding hydrogens is 602 g/mol. The first-order valence-electron chi connectivity index (χ1n) is 14.8. The minimum Gasteiger partial charge on any atom is -0.461 e. The third-order valence-electron chi connectivity index (χ3n) is 8.96. The first-order chi connectivity index (χ1) is 20.6. The minimum atomic E-state index is -5.31. The lowest BCUT2D eigenvalue weighted by Gasteiger charge is -2.54. The Bertz CT molecular complexity index is 1180. The average molecular weight is 639 g/mol. The van der Waals surface area contributed by atoms with Gasteiger partial charge in [0.25, 0.3) is 5.92 Å². The number of halogens is 6. The van der Waals surface area contributed by atoms with Gasteiger partial charge in [-0.25, -0.2) is 13.6 Å². The fourth-order valence-corrected chi connectivity index (χ4v) is 6.59. The van der Waals surface area contributed by atoms with Gasteiger partial charge in [0.1, 0.15) is 12.1 Å². The quantitative estimate of drug-likeness (QED) is 0.181. The second kappa shape index (κ2) is 13.3. The van der Waals surface area contributed by atoms with Crippen LogP contribution in [0.3, 0.4) is 0 Å². The maximum Gasteiger partial charge on any atom is 0.471 e. The number of nitrogens with one attached hydrogen (secondary N) is 3. The Morgan fingerprint density at radius 3 is 2.34 bits per heavy atom. The molecule has 2 bridgehead atoms. The van der Waals surface area contributed by atoms with E-state index in [1.807, 2.05) is 0 Å². The SMILES string of the molecule is CCOC(=O)/C(F)=C\[C@@H](C[C@@H]1CCNC1=O)NC(=O)[C@H]1[C@H]2CC[C@H](CC2(F)F)N1C(=O)[C@@H](CC1CCC1)NC(=O)C(F)(F)F. The van der Waals surface area contributed by atoms with E-state index in [4.69, 9.17) is 0 Å². The molecule has 2 aliphatic carbocycles. The van der Waals surface area contributed by atoms with Gasteiger partial charge >= 0.3 is 18.1 Å². The van der Waals surface area contributed by atoms with Crippen LogP contribution in [-0.2, 0) is 28.7 Å². The van der Waals surface area contributed by atoms with Crippen molar-refractivity contribution in [3.8, 4) is 0 Å². The van der Waals surface area contributed by atoms with Crippen LogP contribution < -0.4 is 16.0 Å². The van der Waals surface area contributed by atoms with Crippen LogP contribution in [0.5, 0.6) is 0 Å². The van der Waals surface area contributed by atoms with Gasteiger partial charge in [-0.1, -0.05) is 19.3 Å². The Kier molecular flexibility index (Phi) is 10.2. The van der Waals surface area contributed by atoms with Crippen molar-refractivity contribution in [1.82, 2.24) is 20.9 Å². The zero-order chi connectivity index (χ0) is 32.4. The highest BCUT2D eigenvalue weighted by Crippen LogP contribution is 2.49. The number of alkyl halides is 5. The third-order valence-corrected chi connectivity index (χ3v) is 8.96. The van der Waals surface area contributed by atoms with Gasteiger partial charge < -0.3 is 25.6 Å². The normalized spacial score (nSPS) is 28.0. The van der Waals surface area contributed by atoms with Gasteiger partial charge in [0.2, 0.25) is 23.5 Å². The maximum atomic E-state index is 15.2. The van der Waals surface area contributed by atoms with Crippen molar-refractivity contribution in [3.05, 3.63) is 11.9 Å². The highest BCUT2D eigenvalue weighted by Gasteiger charge is 2.61. The maximum absolute atomic E-state index is 15.2. The molecule has 0 spiro atoms. The minimum absolute atomic E-state index is 0.0577. The molecule has 5 fully saturated rings. The van der Waals surface area contributed by atoms with Gasteiger partial charge in [-0.2, -0.15) is 17.6 Å². The number of amides is 4. The van der Waals surface area contributed by atoms with E-state index in [0.717, 1.165) is 11.3 Å². The van der Waals surface area contributed by atoms with E-state index in [0.29, 0.717) is 31.9 Å². The van der Waals surface area contributed by atoms with Crippen molar-refractivity contribution >= 4 is 29.6 Å². The third kappa shape index (κ3) is 7.48. The van der Waals surface area contributed by atoms with Crippen molar-refractivity contribution in [2.24, 2.45) is 17.8 Å². The summed E-state index contributed by atoms with van der Waals surface area (Å²) in [5.41, 5.74) is 0. The molecule has 3 saturated heterocycles. The van der Waals surface area contributed by atoms with Crippen molar-refractivity contribution in [3.63, 3.8) is 0 Å². The Balaban J connectivity index is 1.64. The van der Waals surface area contributed by atoms with Crippen LogP contribution in [0.25, 0.3) is 0 Å². The number of rotatable bonds is 11. The molecule has 3 N–H and O–H groups in total. The number of hydrogen-bond donors (Lipinski definition) is 3. The molecule has 246 valence electrons. The van der Waals surface area contributed by atoms with Crippen LogP contribution in [0.1, 0.15) is 64.7 Å². The average Bonchev–Trinajstić information content (AvgIpc) is 3.31. The van der Waals surface area contributed by atoms with Crippen molar-refractivity contribution in [2.75, 3.05) is 13.2 Å². The lowest BCUT2D eigenvalue weighted by atomic mass is 9.71. The van der Waals surface area contributed by atoms with Crippen LogP contribution in [0.4, 0.5) is 26.3 Å². The molecule has 5 aliphatic rings. The summed E-state index contributed by atoms with van der Waals surface area (Å²) in [6, 6.07) is -6.15. The second-order valence-corrected chi connectivity index (χ2v) is 11.9. The van der Waals surface area contributed by atoms with E-state index in [-0.39, 0.29) is 38.2 Å². The van der Waals surface area contributed by atoms with E-state index < -0.39 is 89.9 Å². The molecule has 44 heavy (non-hydrogen) atoms. The number of piperidine rings is 2. The molecule has 0 unspecified atom stereocenters. The molecule has 0 radical (unpaired) electrons. The van der Waals surface area contributed by atoms with Gasteiger partial charge in [0.15, 0.2) is 0 Å². The molecule has 4 amide bonds. The molecule has 5 rings (SSSR count). The fourth-order valence-electron chi connectivity index (χ4n) is 6.59. The molecule has 16 heteroatoms. The van der Waals surface area contributed by atoms with E-state index >= 15 is 8.78 Å². The van der Waals surface area contributed by atoms with Crippen LogP contribution in [0.2, 0.25) is 0 Å². The summed E-state index contributed by atoms with van der Waals surface area (Å²) in [5, 5.41) is 6.69. The zero-order valence-electron chi connectivity index (χ0n) is 24.1. The van der Waals surface area contributed by atoms with Crippen LogP contribution in [-0.4, -0.2) is 83.9 Å². The predicted octanol–water partition coefficient (Wildman–Crippen LogP) is 2.67. The molecule has 10 nitrogen and oxygen atoms in total. The smallest absolute Gasteiger partial charge is 0.461 e. The second-order valence-electron chi connectivity index (χ2n) is 11.9. The van der Waals surface area contributed by atoms with Crippen molar-refractivity contribution in [1.29, 1.82) is 0 Å². The van der Waals surface area contributed by atoms with Crippen molar-refractivity contribution < 1.29 is 55.1 Å². The van der Waals surface area contributed by atoms with Gasteiger partial charge in [-0.05, 0) is 51.0 Å². The molecule has 3 aliphatic heterocycles.